The van der Waals surface area contributed by atoms with E-state index >= 15 is 0 Å². The first-order chi connectivity index (χ1) is 7.70. The van der Waals surface area contributed by atoms with Crippen molar-refractivity contribution >= 4 is 0 Å². The second kappa shape index (κ2) is 7.09. The molecule has 1 heteroatoms. The van der Waals surface area contributed by atoms with E-state index in [0.717, 1.165) is 24.6 Å². The average molecular weight is 215 g/mol. The summed E-state index contributed by atoms with van der Waals surface area (Å²) >= 11 is 0. The zero-order valence-electron chi connectivity index (χ0n) is 10.5. The van der Waals surface area contributed by atoms with Crippen molar-refractivity contribution in [1.29, 1.82) is 0 Å². The van der Waals surface area contributed by atoms with Crippen molar-refractivity contribution in [3.05, 3.63) is 35.9 Å². The highest BCUT2D eigenvalue weighted by Gasteiger charge is 2.04. The van der Waals surface area contributed by atoms with Crippen LogP contribution in [0.1, 0.15) is 26.3 Å². The molecule has 0 saturated carbocycles. The Kier molecular flexibility index (Phi) is 5.67. The smallest absolute Gasteiger partial charge is 0.0580 e. The van der Waals surface area contributed by atoms with Crippen LogP contribution in [0.25, 0.3) is 0 Å². The molecule has 0 bridgehead atoms. The first-order valence-electron chi connectivity index (χ1n) is 5.94. The van der Waals surface area contributed by atoms with E-state index in [1.807, 2.05) is 30.3 Å². The average Bonchev–Trinajstić information content (AvgIpc) is 2.29. The Morgan fingerprint density at radius 1 is 1.12 bits per heavy atom. The highest BCUT2D eigenvalue weighted by molar-refractivity contribution is 5.33. The minimum absolute atomic E-state index is 0.707. The summed E-state index contributed by atoms with van der Waals surface area (Å²) in [5.74, 6) is 7.71. The molecule has 0 aliphatic carbocycles. The van der Waals surface area contributed by atoms with E-state index in [9.17, 15) is 0 Å². The second-order valence-electron chi connectivity index (χ2n) is 4.52. The van der Waals surface area contributed by atoms with Crippen LogP contribution in [-0.2, 0) is 0 Å². The van der Waals surface area contributed by atoms with Gasteiger partial charge < -0.3 is 5.32 Å². The fourth-order valence-corrected chi connectivity index (χ4v) is 1.27. The number of hydrogen-bond acceptors (Lipinski definition) is 1. The van der Waals surface area contributed by atoms with Crippen molar-refractivity contribution in [2.75, 3.05) is 13.1 Å². The Hall–Kier alpha value is -1.26. The van der Waals surface area contributed by atoms with Gasteiger partial charge in [0.15, 0.2) is 0 Å². The van der Waals surface area contributed by atoms with Crippen molar-refractivity contribution in [2.24, 2.45) is 11.8 Å². The first-order valence-corrected chi connectivity index (χ1v) is 5.94. The Bertz CT molecular complexity index is 343. The molecule has 0 saturated heterocycles. The Morgan fingerprint density at radius 3 is 2.44 bits per heavy atom. The maximum absolute atomic E-state index is 3.36. The molecule has 0 radical (unpaired) electrons. The van der Waals surface area contributed by atoms with Crippen LogP contribution in [0.15, 0.2) is 30.3 Å². The van der Waals surface area contributed by atoms with Gasteiger partial charge in [0, 0.05) is 5.56 Å². The Balaban J connectivity index is 2.24. The van der Waals surface area contributed by atoms with Gasteiger partial charge in [0.05, 0.1) is 6.54 Å². The Labute approximate surface area is 99.3 Å². The summed E-state index contributed by atoms with van der Waals surface area (Å²) in [5, 5.41) is 3.36. The van der Waals surface area contributed by atoms with Gasteiger partial charge in [-0.1, -0.05) is 50.8 Å². The molecule has 0 heterocycles. The van der Waals surface area contributed by atoms with Crippen LogP contribution < -0.4 is 5.32 Å². The van der Waals surface area contributed by atoms with Crippen molar-refractivity contribution in [3.8, 4) is 11.8 Å². The molecule has 0 spiro atoms. The van der Waals surface area contributed by atoms with Crippen LogP contribution >= 0.6 is 0 Å². The van der Waals surface area contributed by atoms with E-state index < -0.39 is 0 Å². The molecular weight excluding hydrogens is 194 g/mol. The zero-order valence-corrected chi connectivity index (χ0v) is 10.5. The SMILES string of the molecule is CC(C)C(C)CNCC#Cc1ccccc1. The lowest BCUT2D eigenvalue weighted by molar-refractivity contribution is 0.401. The standard InChI is InChI=1S/C15H21N/c1-13(2)14(3)12-16-11-7-10-15-8-5-4-6-9-15/h4-6,8-9,13-14,16H,11-12H2,1-3H3. The molecule has 1 aromatic rings. The molecule has 86 valence electrons. The van der Waals surface area contributed by atoms with Gasteiger partial charge in [-0.15, -0.1) is 0 Å². The van der Waals surface area contributed by atoms with Crippen LogP contribution in [0.2, 0.25) is 0 Å². The van der Waals surface area contributed by atoms with Crippen LogP contribution in [-0.4, -0.2) is 13.1 Å². The molecule has 1 atom stereocenters. The molecule has 16 heavy (non-hydrogen) atoms. The van der Waals surface area contributed by atoms with Crippen molar-refractivity contribution < 1.29 is 0 Å². The van der Waals surface area contributed by atoms with Crippen LogP contribution in [0.4, 0.5) is 0 Å². The van der Waals surface area contributed by atoms with E-state index in [1.54, 1.807) is 0 Å². The molecule has 1 N–H and O–H groups in total. The van der Waals surface area contributed by atoms with Crippen LogP contribution in [0, 0.1) is 23.7 Å². The number of rotatable bonds is 4. The van der Waals surface area contributed by atoms with Gasteiger partial charge in [0.1, 0.15) is 0 Å². The van der Waals surface area contributed by atoms with Gasteiger partial charge >= 0.3 is 0 Å². The molecule has 1 aromatic carbocycles. The van der Waals surface area contributed by atoms with Crippen molar-refractivity contribution in [1.82, 2.24) is 5.32 Å². The molecule has 0 fully saturated rings. The van der Waals surface area contributed by atoms with Gasteiger partial charge in [-0.25, -0.2) is 0 Å². The fraction of sp³-hybridized carbons (Fsp3) is 0.467. The fourth-order valence-electron chi connectivity index (χ4n) is 1.27. The normalized spacial score (nSPS) is 12.0. The lowest BCUT2D eigenvalue weighted by Crippen LogP contribution is -2.24. The molecule has 0 aromatic heterocycles. The topological polar surface area (TPSA) is 12.0 Å². The maximum atomic E-state index is 3.36. The monoisotopic (exact) mass is 215 g/mol. The summed E-state index contributed by atoms with van der Waals surface area (Å²) in [6.07, 6.45) is 0. The van der Waals surface area contributed by atoms with Crippen molar-refractivity contribution in [3.63, 3.8) is 0 Å². The second-order valence-corrected chi connectivity index (χ2v) is 4.52. The summed E-state index contributed by atoms with van der Waals surface area (Å²) in [6, 6.07) is 10.1. The minimum atomic E-state index is 0.707. The van der Waals surface area contributed by atoms with E-state index in [-0.39, 0.29) is 0 Å². The third kappa shape index (κ3) is 5.00. The van der Waals surface area contributed by atoms with E-state index in [2.05, 4.69) is 37.9 Å². The number of benzene rings is 1. The number of nitrogens with one attached hydrogen (secondary N) is 1. The summed E-state index contributed by atoms with van der Waals surface area (Å²) in [5.41, 5.74) is 1.08. The highest BCUT2D eigenvalue weighted by Crippen LogP contribution is 2.06. The third-order valence-corrected chi connectivity index (χ3v) is 2.82. The van der Waals surface area contributed by atoms with Gasteiger partial charge in [-0.3, -0.25) is 0 Å². The lowest BCUT2D eigenvalue weighted by atomic mass is 9.98. The summed E-state index contributed by atoms with van der Waals surface area (Å²) < 4.78 is 0. The van der Waals surface area contributed by atoms with E-state index in [0.29, 0.717) is 5.92 Å². The quantitative estimate of drug-likeness (QED) is 0.601. The molecule has 0 aliphatic heterocycles. The summed E-state index contributed by atoms with van der Waals surface area (Å²) in [6.45, 7) is 8.58. The van der Waals surface area contributed by atoms with Crippen LogP contribution in [0.5, 0.6) is 0 Å². The summed E-state index contributed by atoms with van der Waals surface area (Å²) in [4.78, 5) is 0. The minimum Gasteiger partial charge on any atom is -0.306 e. The highest BCUT2D eigenvalue weighted by atomic mass is 14.8. The Morgan fingerprint density at radius 2 is 1.81 bits per heavy atom. The summed E-state index contributed by atoms with van der Waals surface area (Å²) in [7, 11) is 0. The zero-order chi connectivity index (χ0) is 11.8. The largest absolute Gasteiger partial charge is 0.306 e. The molecular formula is C15H21N. The maximum Gasteiger partial charge on any atom is 0.0580 e. The first kappa shape index (κ1) is 12.8. The van der Waals surface area contributed by atoms with Gasteiger partial charge in [0.2, 0.25) is 0 Å². The lowest BCUT2D eigenvalue weighted by Gasteiger charge is -2.14. The van der Waals surface area contributed by atoms with Gasteiger partial charge in [0.25, 0.3) is 0 Å². The molecule has 1 unspecified atom stereocenters. The number of hydrogen-bond donors (Lipinski definition) is 1. The predicted molar refractivity (Wildman–Crippen MR) is 70.2 cm³/mol. The third-order valence-electron chi connectivity index (χ3n) is 2.82. The van der Waals surface area contributed by atoms with E-state index in [4.69, 9.17) is 0 Å². The van der Waals surface area contributed by atoms with Crippen molar-refractivity contribution in [2.45, 2.75) is 20.8 Å². The predicted octanol–water partition coefficient (Wildman–Crippen LogP) is 2.92. The molecule has 1 rings (SSSR count). The van der Waals surface area contributed by atoms with E-state index in [1.165, 1.54) is 0 Å². The molecule has 1 nitrogen and oxygen atoms in total. The van der Waals surface area contributed by atoms with Crippen LogP contribution in [0.3, 0.4) is 0 Å². The molecule has 0 aliphatic rings. The molecule has 0 amide bonds. The van der Waals surface area contributed by atoms with Gasteiger partial charge in [-0.2, -0.15) is 0 Å². The van der Waals surface area contributed by atoms with Gasteiger partial charge in [-0.05, 0) is 30.5 Å².